The van der Waals surface area contributed by atoms with Crippen molar-refractivity contribution in [2.24, 2.45) is 7.05 Å². The van der Waals surface area contributed by atoms with Crippen molar-refractivity contribution in [2.45, 2.75) is 76.4 Å². The van der Waals surface area contributed by atoms with Crippen molar-refractivity contribution < 1.29 is 24.9 Å². The standard InChI is InChI=1S/C22H25N3O2.C6H12O.CH2O2/c1-14-9-10-16-18(24(14)2)11-12-19-21(16)23-20(25(19)3)13-17(22(26)27)15-7-5-4-6-8-15;7-6-4-2-1-3-5-6;2-1-3/h4-8,11-12,14,17H,9-10,13H2,1-3H3,(H,26,27);6-7H,1-5H2;1H,(H,2,3). The van der Waals surface area contributed by atoms with E-state index in [-0.39, 0.29) is 12.6 Å². The highest BCUT2D eigenvalue weighted by molar-refractivity contribution is 5.86. The molecule has 3 N–H and O–H groups in total. The second-order valence-electron chi connectivity index (χ2n) is 9.92. The fourth-order valence-corrected chi connectivity index (χ4v) is 5.19. The average molecular weight is 510 g/mol. The number of carboxylic acids is 1. The summed E-state index contributed by atoms with van der Waals surface area (Å²) >= 11 is 0. The van der Waals surface area contributed by atoms with E-state index in [1.165, 1.54) is 30.5 Å². The van der Waals surface area contributed by atoms with Gasteiger partial charge in [0.1, 0.15) is 5.82 Å². The van der Waals surface area contributed by atoms with Gasteiger partial charge in [0.05, 0.1) is 23.1 Å². The van der Waals surface area contributed by atoms with Crippen LogP contribution in [-0.2, 0) is 29.5 Å². The minimum absolute atomic E-state index is 0.0359. The molecule has 0 saturated heterocycles. The molecule has 2 aromatic carbocycles. The first-order valence-electron chi connectivity index (χ1n) is 13.0. The monoisotopic (exact) mass is 509 g/mol. The molecular formula is C29H39N3O5. The molecule has 3 aromatic rings. The molecule has 5 rings (SSSR count). The van der Waals surface area contributed by atoms with Gasteiger partial charge in [0.15, 0.2) is 0 Å². The van der Waals surface area contributed by atoms with Crippen molar-refractivity contribution in [1.82, 2.24) is 9.55 Å². The fourth-order valence-electron chi connectivity index (χ4n) is 5.19. The van der Waals surface area contributed by atoms with Gasteiger partial charge in [-0.25, -0.2) is 4.98 Å². The molecule has 2 atom stereocenters. The highest BCUT2D eigenvalue weighted by Gasteiger charge is 2.26. The molecule has 1 aliphatic heterocycles. The van der Waals surface area contributed by atoms with Gasteiger partial charge < -0.3 is 24.8 Å². The SMILES string of the molecule is CC1CCc2c(ccc3c2nc(CC(C(=O)O)c2ccccc2)n3C)N1C.O=CO.OC1CCCCC1. The number of hydrogen-bond acceptors (Lipinski definition) is 5. The number of benzene rings is 2. The molecule has 2 unspecified atom stereocenters. The molecule has 0 spiro atoms. The predicted molar refractivity (Wildman–Crippen MR) is 145 cm³/mol. The fraction of sp³-hybridized carbons (Fsp3) is 0.483. The van der Waals surface area contributed by atoms with E-state index in [4.69, 9.17) is 20.0 Å². The van der Waals surface area contributed by atoms with Crippen molar-refractivity contribution in [3.05, 3.63) is 59.4 Å². The van der Waals surface area contributed by atoms with E-state index in [1.807, 2.05) is 41.9 Å². The number of carboxylic acid groups (broad SMARTS) is 2. The van der Waals surface area contributed by atoms with Crippen molar-refractivity contribution >= 4 is 29.2 Å². The van der Waals surface area contributed by atoms with Crippen LogP contribution in [0.2, 0.25) is 0 Å². The number of aliphatic carboxylic acids is 1. The molecule has 0 bridgehead atoms. The van der Waals surface area contributed by atoms with Gasteiger partial charge in [0, 0.05) is 37.8 Å². The summed E-state index contributed by atoms with van der Waals surface area (Å²) in [5, 5.41) is 25.6. The third kappa shape index (κ3) is 6.89. The van der Waals surface area contributed by atoms with Gasteiger partial charge in [-0.3, -0.25) is 9.59 Å². The summed E-state index contributed by atoms with van der Waals surface area (Å²) in [4.78, 5) is 27.5. The lowest BCUT2D eigenvalue weighted by Crippen LogP contribution is -2.33. The van der Waals surface area contributed by atoms with E-state index in [2.05, 4.69) is 31.0 Å². The first-order chi connectivity index (χ1) is 17.8. The second-order valence-corrected chi connectivity index (χ2v) is 9.92. The van der Waals surface area contributed by atoms with Crippen molar-refractivity contribution in [1.29, 1.82) is 0 Å². The van der Waals surface area contributed by atoms with Gasteiger partial charge in [-0.2, -0.15) is 0 Å². The lowest BCUT2D eigenvalue weighted by molar-refractivity contribution is -0.138. The third-order valence-corrected chi connectivity index (χ3v) is 7.54. The van der Waals surface area contributed by atoms with Gasteiger partial charge in [0.25, 0.3) is 6.47 Å². The molecule has 1 fully saturated rings. The quantitative estimate of drug-likeness (QED) is 0.434. The number of nitrogens with zero attached hydrogens (tertiary/aromatic N) is 3. The van der Waals surface area contributed by atoms with Crippen molar-refractivity contribution in [3.63, 3.8) is 0 Å². The van der Waals surface area contributed by atoms with Gasteiger partial charge >= 0.3 is 5.97 Å². The van der Waals surface area contributed by atoms with Crippen LogP contribution in [0.3, 0.4) is 0 Å². The Bertz CT molecular complexity index is 1170. The molecule has 1 aromatic heterocycles. The number of aliphatic hydroxyl groups excluding tert-OH is 1. The maximum absolute atomic E-state index is 11.9. The van der Waals surface area contributed by atoms with E-state index in [0.29, 0.717) is 12.5 Å². The lowest BCUT2D eigenvalue weighted by atomic mass is 9.95. The smallest absolute Gasteiger partial charge is 0.311 e. The minimum Gasteiger partial charge on any atom is -0.483 e. The Morgan fingerprint density at radius 1 is 1.08 bits per heavy atom. The van der Waals surface area contributed by atoms with Crippen LogP contribution >= 0.6 is 0 Å². The summed E-state index contributed by atoms with van der Waals surface area (Å²) in [7, 11) is 4.12. The summed E-state index contributed by atoms with van der Waals surface area (Å²) in [6.45, 7) is 1.99. The van der Waals surface area contributed by atoms with E-state index < -0.39 is 11.9 Å². The van der Waals surface area contributed by atoms with Crippen LogP contribution in [0.1, 0.15) is 68.3 Å². The Morgan fingerprint density at radius 2 is 1.73 bits per heavy atom. The van der Waals surface area contributed by atoms with Crippen LogP contribution in [0.15, 0.2) is 42.5 Å². The summed E-state index contributed by atoms with van der Waals surface area (Å²) in [6.07, 6.45) is 8.42. The number of carbonyl (C=O) groups is 2. The molecule has 8 nitrogen and oxygen atoms in total. The summed E-state index contributed by atoms with van der Waals surface area (Å²) < 4.78 is 2.05. The Kier molecular flexibility index (Phi) is 10.1. The number of anilines is 1. The molecule has 2 aliphatic rings. The minimum atomic E-state index is -0.816. The first-order valence-corrected chi connectivity index (χ1v) is 13.0. The Hall–Kier alpha value is -3.39. The Balaban J connectivity index is 0.000000321. The average Bonchev–Trinajstić information content (AvgIpc) is 3.22. The zero-order valence-electron chi connectivity index (χ0n) is 22.0. The first kappa shape index (κ1) is 28.2. The number of aromatic nitrogens is 2. The topological polar surface area (TPSA) is 116 Å². The summed E-state index contributed by atoms with van der Waals surface area (Å²) in [6, 6.07) is 14.2. The zero-order chi connectivity index (χ0) is 26.9. The van der Waals surface area contributed by atoms with Crippen LogP contribution in [-0.4, -0.2) is 56.5 Å². The molecule has 200 valence electrons. The maximum atomic E-state index is 11.9. The Morgan fingerprint density at radius 3 is 2.30 bits per heavy atom. The number of fused-ring (bicyclic) bond motifs is 3. The largest absolute Gasteiger partial charge is 0.483 e. The number of imidazole rings is 1. The van der Waals surface area contributed by atoms with Crippen molar-refractivity contribution in [3.8, 4) is 0 Å². The van der Waals surface area contributed by atoms with E-state index >= 15 is 0 Å². The van der Waals surface area contributed by atoms with Gasteiger partial charge in [-0.05, 0) is 50.3 Å². The lowest BCUT2D eigenvalue weighted by Gasteiger charge is -2.33. The van der Waals surface area contributed by atoms with Crippen LogP contribution in [0.5, 0.6) is 0 Å². The molecular weight excluding hydrogens is 470 g/mol. The molecule has 1 saturated carbocycles. The van der Waals surface area contributed by atoms with Gasteiger partial charge in [-0.1, -0.05) is 49.6 Å². The van der Waals surface area contributed by atoms with Gasteiger partial charge in [-0.15, -0.1) is 0 Å². The highest BCUT2D eigenvalue weighted by atomic mass is 16.4. The van der Waals surface area contributed by atoms with Crippen LogP contribution < -0.4 is 4.90 Å². The zero-order valence-corrected chi connectivity index (χ0v) is 22.0. The number of rotatable bonds is 4. The third-order valence-electron chi connectivity index (χ3n) is 7.54. The second kappa shape index (κ2) is 13.2. The molecule has 8 heteroatoms. The number of hydrogen-bond donors (Lipinski definition) is 3. The number of aliphatic hydroxyl groups is 1. The Labute approximate surface area is 218 Å². The van der Waals surface area contributed by atoms with Crippen LogP contribution in [0.25, 0.3) is 11.0 Å². The van der Waals surface area contributed by atoms with Gasteiger partial charge in [0.2, 0.25) is 0 Å². The molecule has 37 heavy (non-hydrogen) atoms. The maximum Gasteiger partial charge on any atom is 0.311 e. The normalized spacial score (nSPS) is 18.1. The van der Waals surface area contributed by atoms with E-state index in [1.54, 1.807) is 0 Å². The van der Waals surface area contributed by atoms with Crippen LogP contribution in [0.4, 0.5) is 5.69 Å². The summed E-state index contributed by atoms with van der Waals surface area (Å²) in [5.74, 6) is -0.597. The predicted octanol–water partition coefficient (Wildman–Crippen LogP) is 4.77. The summed E-state index contributed by atoms with van der Waals surface area (Å²) in [5.41, 5.74) is 5.42. The number of aryl methyl sites for hydroxylation is 2. The van der Waals surface area contributed by atoms with Crippen molar-refractivity contribution in [2.75, 3.05) is 11.9 Å². The van der Waals surface area contributed by atoms with Crippen LogP contribution in [0, 0.1) is 0 Å². The molecule has 0 amide bonds. The molecule has 1 aliphatic carbocycles. The van der Waals surface area contributed by atoms with E-state index in [0.717, 1.165) is 48.1 Å². The molecule has 0 radical (unpaired) electrons. The molecule has 2 heterocycles. The highest BCUT2D eigenvalue weighted by Crippen LogP contribution is 2.35. The van der Waals surface area contributed by atoms with E-state index in [9.17, 15) is 9.90 Å².